The third-order valence-electron chi connectivity index (χ3n) is 3.03. The smallest absolute Gasteiger partial charge is 0.335 e. The van der Waals surface area contributed by atoms with E-state index >= 15 is 0 Å². The number of benzene rings is 1. The largest absolute Gasteiger partial charge is 0.478 e. The average molecular weight is 269 g/mol. The van der Waals surface area contributed by atoms with E-state index in [1.54, 1.807) is 18.2 Å². The number of rotatable bonds is 3. The first-order valence-corrected chi connectivity index (χ1v) is 7.59. The topological polar surface area (TPSA) is 83.5 Å². The van der Waals surface area contributed by atoms with Crippen molar-refractivity contribution < 1.29 is 18.3 Å². The van der Waals surface area contributed by atoms with E-state index in [-0.39, 0.29) is 23.1 Å². The molecule has 1 fully saturated rings. The summed E-state index contributed by atoms with van der Waals surface area (Å²) in [6.07, 6.45) is 1.14. The second-order valence-corrected chi connectivity index (χ2v) is 6.76. The molecule has 0 amide bonds. The Balaban J connectivity index is 2.02. The molecule has 0 aliphatic carbocycles. The maximum atomic E-state index is 11.3. The first kappa shape index (κ1) is 12.9. The van der Waals surface area contributed by atoms with E-state index in [2.05, 4.69) is 5.32 Å². The Morgan fingerprint density at radius 1 is 1.28 bits per heavy atom. The first-order valence-electron chi connectivity index (χ1n) is 5.76. The predicted octanol–water partition coefficient (Wildman–Crippen LogP) is 1.37. The minimum atomic E-state index is -2.86. The fourth-order valence-corrected chi connectivity index (χ4v) is 3.50. The normalized spacial score (nSPS) is 19.3. The van der Waals surface area contributed by atoms with Crippen LogP contribution >= 0.6 is 0 Å². The van der Waals surface area contributed by atoms with Crippen LogP contribution in [-0.4, -0.2) is 37.0 Å². The van der Waals surface area contributed by atoms with Crippen molar-refractivity contribution in [2.24, 2.45) is 0 Å². The van der Waals surface area contributed by atoms with Crippen molar-refractivity contribution in [1.82, 2.24) is 0 Å². The molecule has 0 saturated carbocycles. The maximum Gasteiger partial charge on any atom is 0.335 e. The van der Waals surface area contributed by atoms with E-state index in [0.29, 0.717) is 12.8 Å². The van der Waals surface area contributed by atoms with Gasteiger partial charge >= 0.3 is 5.97 Å². The highest BCUT2D eigenvalue weighted by Gasteiger charge is 2.23. The number of hydrogen-bond acceptors (Lipinski definition) is 4. The molecule has 2 N–H and O–H groups in total. The molecular formula is C12H15NO4S. The molecule has 1 aromatic carbocycles. The van der Waals surface area contributed by atoms with Crippen molar-refractivity contribution in [3.63, 3.8) is 0 Å². The van der Waals surface area contributed by atoms with E-state index in [9.17, 15) is 13.2 Å². The summed E-state index contributed by atoms with van der Waals surface area (Å²) in [4.78, 5) is 10.8. The van der Waals surface area contributed by atoms with Crippen LogP contribution in [-0.2, 0) is 9.84 Å². The van der Waals surface area contributed by atoms with Gasteiger partial charge in [0, 0.05) is 11.7 Å². The molecule has 18 heavy (non-hydrogen) atoms. The van der Waals surface area contributed by atoms with Gasteiger partial charge in [0.05, 0.1) is 17.1 Å². The number of carboxylic acids is 1. The molecule has 0 atom stereocenters. The zero-order chi connectivity index (χ0) is 13.2. The van der Waals surface area contributed by atoms with E-state index in [1.807, 2.05) is 0 Å². The van der Waals surface area contributed by atoms with Crippen LogP contribution in [0.4, 0.5) is 5.69 Å². The van der Waals surface area contributed by atoms with Crippen molar-refractivity contribution >= 4 is 21.5 Å². The summed E-state index contributed by atoms with van der Waals surface area (Å²) in [5, 5.41) is 12.1. The Kier molecular flexibility index (Phi) is 3.56. The summed E-state index contributed by atoms with van der Waals surface area (Å²) < 4.78 is 22.6. The molecule has 2 rings (SSSR count). The number of anilines is 1. The highest BCUT2D eigenvalue weighted by Crippen LogP contribution is 2.18. The van der Waals surface area contributed by atoms with E-state index in [1.165, 1.54) is 6.07 Å². The summed E-state index contributed by atoms with van der Waals surface area (Å²) in [6.45, 7) is 0. The van der Waals surface area contributed by atoms with Crippen molar-refractivity contribution in [1.29, 1.82) is 0 Å². The lowest BCUT2D eigenvalue weighted by Gasteiger charge is -2.24. The Morgan fingerprint density at radius 2 is 1.94 bits per heavy atom. The average Bonchev–Trinajstić information content (AvgIpc) is 2.32. The van der Waals surface area contributed by atoms with Crippen LogP contribution in [0.25, 0.3) is 0 Å². The molecule has 0 unspecified atom stereocenters. The summed E-state index contributed by atoms with van der Waals surface area (Å²) in [7, 11) is -2.86. The quantitative estimate of drug-likeness (QED) is 0.866. The number of sulfone groups is 1. The second kappa shape index (κ2) is 4.97. The predicted molar refractivity (Wildman–Crippen MR) is 68.7 cm³/mol. The number of hydrogen-bond donors (Lipinski definition) is 2. The zero-order valence-electron chi connectivity index (χ0n) is 9.80. The second-order valence-electron chi connectivity index (χ2n) is 4.46. The van der Waals surface area contributed by atoms with Gasteiger partial charge in [-0.1, -0.05) is 6.07 Å². The Labute approximate surface area is 106 Å². The third-order valence-corrected chi connectivity index (χ3v) is 4.75. The number of aromatic carboxylic acids is 1. The minimum Gasteiger partial charge on any atom is -0.478 e. The van der Waals surface area contributed by atoms with Crippen LogP contribution in [0.15, 0.2) is 24.3 Å². The lowest BCUT2D eigenvalue weighted by atomic mass is 10.1. The maximum absolute atomic E-state index is 11.3. The van der Waals surface area contributed by atoms with Gasteiger partial charge in [0.25, 0.3) is 0 Å². The number of carboxylic acid groups (broad SMARTS) is 1. The van der Waals surface area contributed by atoms with E-state index < -0.39 is 15.8 Å². The summed E-state index contributed by atoms with van der Waals surface area (Å²) in [6, 6.07) is 6.64. The van der Waals surface area contributed by atoms with Crippen LogP contribution in [0.2, 0.25) is 0 Å². The molecule has 6 heteroatoms. The Hall–Kier alpha value is -1.56. The van der Waals surface area contributed by atoms with Crippen molar-refractivity contribution in [3.05, 3.63) is 29.8 Å². The zero-order valence-corrected chi connectivity index (χ0v) is 10.6. The minimum absolute atomic E-state index is 0.0950. The van der Waals surface area contributed by atoms with Crippen LogP contribution in [0, 0.1) is 0 Å². The van der Waals surface area contributed by atoms with Gasteiger partial charge in [-0.3, -0.25) is 0 Å². The molecule has 1 aliphatic rings. The van der Waals surface area contributed by atoms with Gasteiger partial charge in [-0.2, -0.15) is 0 Å². The van der Waals surface area contributed by atoms with Crippen LogP contribution in [0.1, 0.15) is 23.2 Å². The van der Waals surface area contributed by atoms with Crippen molar-refractivity contribution in [2.75, 3.05) is 16.8 Å². The van der Waals surface area contributed by atoms with Crippen LogP contribution in [0.5, 0.6) is 0 Å². The Bertz CT molecular complexity index is 539. The molecule has 5 nitrogen and oxygen atoms in total. The van der Waals surface area contributed by atoms with Crippen molar-refractivity contribution in [2.45, 2.75) is 18.9 Å². The molecule has 1 saturated heterocycles. The number of carbonyl (C=O) groups is 1. The van der Waals surface area contributed by atoms with Crippen LogP contribution < -0.4 is 5.32 Å². The van der Waals surface area contributed by atoms with Crippen molar-refractivity contribution in [3.8, 4) is 0 Å². The van der Waals surface area contributed by atoms with Gasteiger partial charge < -0.3 is 10.4 Å². The molecular weight excluding hydrogens is 254 g/mol. The molecule has 1 aromatic rings. The van der Waals surface area contributed by atoms with E-state index in [0.717, 1.165) is 5.69 Å². The molecule has 0 spiro atoms. The van der Waals surface area contributed by atoms with Gasteiger partial charge in [-0.25, -0.2) is 13.2 Å². The van der Waals surface area contributed by atoms with Gasteiger partial charge in [-0.05, 0) is 31.0 Å². The fourth-order valence-electron chi connectivity index (χ4n) is 2.01. The molecule has 1 heterocycles. The van der Waals surface area contributed by atoms with Crippen LogP contribution in [0.3, 0.4) is 0 Å². The molecule has 0 bridgehead atoms. The Morgan fingerprint density at radius 3 is 2.56 bits per heavy atom. The standard InChI is InChI=1S/C12H15NO4S/c14-12(15)9-2-1-3-11(8-9)13-10-4-6-18(16,17)7-5-10/h1-3,8,10,13H,4-7H2,(H,14,15). The SMILES string of the molecule is O=C(O)c1cccc(NC2CCS(=O)(=O)CC2)c1. The van der Waals surface area contributed by atoms with Gasteiger partial charge in [0.2, 0.25) is 0 Å². The number of nitrogens with one attached hydrogen (secondary N) is 1. The van der Waals surface area contributed by atoms with Gasteiger partial charge in [0.1, 0.15) is 9.84 Å². The molecule has 0 radical (unpaired) electrons. The molecule has 98 valence electrons. The molecule has 0 aromatic heterocycles. The summed E-state index contributed by atoms with van der Waals surface area (Å²) in [5.41, 5.74) is 0.947. The molecule has 1 aliphatic heterocycles. The first-order chi connectivity index (χ1) is 8.46. The summed E-state index contributed by atoms with van der Waals surface area (Å²) in [5.74, 6) is -0.572. The van der Waals surface area contributed by atoms with Gasteiger partial charge in [0.15, 0.2) is 0 Å². The lowest BCUT2D eigenvalue weighted by Crippen LogP contribution is -2.32. The van der Waals surface area contributed by atoms with E-state index in [4.69, 9.17) is 5.11 Å². The highest BCUT2D eigenvalue weighted by molar-refractivity contribution is 7.91. The fraction of sp³-hybridized carbons (Fsp3) is 0.417. The lowest BCUT2D eigenvalue weighted by molar-refractivity contribution is 0.0697. The van der Waals surface area contributed by atoms with Gasteiger partial charge in [-0.15, -0.1) is 0 Å². The third kappa shape index (κ3) is 3.22. The summed E-state index contributed by atoms with van der Waals surface area (Å²) >= 11 is 0. The highest BCUT2D eigenvalue weighted by atomic mass is 32.2. The monoisotopic (exact) mass is 269 g/mol.